The van der Waals surface area contributed by atoms with E-state index >= 15 is 0 Å². The minimum absolute atomic E-state index is 0.343. The Labute approximate surface area is 102 Å². The number of esters is 1. The molecule has 0 heterocycles. The number of aryl methyl sites for hydroxylation is 1. The normalized spacial score (nSPS) is 10.6. The fourth-order valence-electron chi connectivity index (χ4n) is 1.47. The third-order valence-corrected chi connectivity index (χ3v) is 2.41. The average Bonchev–Trinajstić information content (AvgIpc) is 2.27. The second kappa shape index (κ2) is 6.25. The minimum atomic E-state index is -0.343. The van der Waals surface area contributed by atoms with Gasteiger partial charge in [-0.25, -0.2) is 4.79 Å². The number of hydrogen-bond donors (Lipinski definition) is 1. The second-order valence-corrected chi connectivity index (χ2v) is 4.38. The summed E-state index contributed by atoms with van der Waals surface area (Å²) in [6.07, 6.45) is 0.824. The lowest BCUT2D eigenvalue weighted by atomic mass is 10.1. The molecule has 2 N–H and O–H groups in total. The number of carbonyl (C=O) groups excluding carboxylic acids is 1. The highest BCUT2D eigenvalue weighted by Gasteiger charge is 2.10. The maximum Gasteiger partial charge on any atom is 0.340 e. The molecule has 0 aromatic heterocycles. The van der Waals surface area contributed by atoms with Crippen LogP contribution in [0.2, 0.25) is 0 Å². The summed E-state index contributed by atoms with van der Waals surface area (Å²) in [5, 5.41) is 0. The smallest absolute Gasteiger partial charge is 0.340 e. The summed E-state index contributed by atoms with van der Waals surface area (Å²) in [6.45, 7) is 3.24. The lowest BCUT2D eigenvalue weighted by Gasteiger charge is -2.10. The molecular formula is C13H20N2O2. The molecule has 0 spiro atoms. The van der Waals surface area contributed by atoms with E-state index in [1.54, 1.807) is 12.1 Å². The molecule has 94 valence electrons. The maximum absolute atomic E-state index is 11.7. The molecule has 4 heteroatoms. The Balaban J connectivity index is 2.49. The molecule has 0 saturated heterocycles. The van der Waals surface area contributed by atoms with Gasteiger partial charge in [-0.05, 0) is 39.6 Å². The van der Waals surface area contributed by atoms with Gasteiger partial charge in [-0.1, -0.05) is 11.6 Å². The molecule has 0 bridgehead atoms. The van der Waals surface area contributed by atoms with Gasteiger partial charge in [0, 0.05) is 12.2 Å². The van der Waals surface area contributed by atoms with Gasteiger partial charge in [0.2, 0.25) is 0 Å². The van der Waals surface area contributed by atoms with E-state index in [1.165, 1.54) is 0 Å². The molecule has 0 fully saturated rings. The Bertz CT molecular complexity index is 389. The average molecular weight is 236 g/mol. The summed E-state index contributed by atoms with van der Waals surface area (Å²) < 4.78 is 5.17. The van der Waals surface area contributed by atoms with Crippen molar-refractivity contribution in [2.75, 3.05) is 33.0 Å². The Kier molecular flexibility index (Phi) is 4.97. The number of nitrogen functional groups attached to an aromatic ring is 1. The van der Waals surface area contributed by atoms with Crippen molar-refractivity contribution >= 4 is 11.7 Å². The van der Waals surface area contributed by atoms with Crippen LogP contribution in [0.4, 0.5) is 5.69 Å². The Morgan fingerprint density at radius 1 is 1.41 bits per heavy atom. The highest BCUT2D eigenvalue weighted by Crippen LogP contribution is 2.14. The zero-order valence-corrected chi connectivity index (χ0v) is 10.7. The molecule has 0 amide bonds. The summed E-state index contributed by atoms with van der Waals surface area (Å²) in [6, 6.07) is 5.35. The van der Waals surface area contributed by atoms with Crippen molar-refractivity contribution in [3.05, 3.63) is 29.3 Å². The first-order valence-electron chi connectivity index (χ1n) is 5.68. The Hall–Kier alpha value is -1.55. The molecule has 1 aromatic rings. The van der Waals surface area contributed by atoms with Crippen molar-refractivity contribution in [3.8, 4) is 0 Å². The van der Waals surface area contributed by atoms with Crippen molar-refractivity contribution in [2.45, 2.75) is 13.3 Å². The van der Waals surface area contributed by atoms with Crippen LogP contribution in [0.15, 0.2) is 18.2 Å². The highest BCUT2D eigenvalue weighted by molar-refractivity contribution is 5.95. The molecule has 0 aliphatic rings. The number of carbonyl (C=O) groups is 1. The van der Waals surface area contributed by atoms with Crippen molar-refractivity contribution in [2.24, 2.45) is 0 Å². The predicted molar refractivity (Wildman–Crippen MR) is 69.0 cm³/mol. The van der Waals surface area contributed by atoms with E-state index in [4.69, 9.17) is 10.5 Å². The minimum Gasteiger partial charge on any atom is -0.462 e. The first kappa shape index (κ1) is 13.5. The third kappa shape index (κ3) is 4.44. The van der Waals surface area contributed by atoms with E-state index in [0.29, 0.717) is 17.9 Å². The lowest BCUT2D eigenvalue weighted by Crippen LogP contribution is -2.16. The topological polar surface area (TPSA) is 55.6 Å². The van der Waals surface area contributed by atoms with E-state index in [9.17, 15) is 4.79 Å². The van der Waals surface area contributed by atoms with Gasteiger partial charge in [0.25, 0.3) is 0 Å². The molecular weight excluding hydrogens is 216 g/mol. The van der Waals surface area contributed by atoms with E-state index in [-0.39, 0.29) is 5.97 Å². The highest BCUT2D eigenvalue weighted by atomic mass is 16.5. The Morgan fingerprint density at radius 3 is 2.76 bits per heavy atom. The van der Waals surface area contributed by atoms with Crippen LogP contribution in [-0.4, -0.2) is 38.1 Å². The quantitative estimate of drug-likeness (QED) is 0.480. The predicted octanol–water partition coefficient (Wildman–Crippen LogP) is 1.69. The van der Waals surface area contributed by atoms with Gasteiger partial charge < -0.3 is 15.4 Å². The van der Waals surface area contributed by atoms with Crippen molar-refractivity contribution in [1.82, 2.24) is 4.90 Å². The molecule has 4 nitrogen and oxygen atoms in total. The number of hydrogen-bond acceptors (Lipinski definition) is 4. The summed E-state index contributed by atoms with van der Waals surface area (Å²) in [5.74, 6) is -0.343. The van der Waals surface area contributed by atoms with Crippen LogP contribution in [0, 0.1) is 6.92 Å². The molecule has 17 heavy (non-hydrogen) atoms. The number of ether oxygens (including phenoxy) is 1. The zero-order chi connectivity index (χ0) is 12.8. The number of rotatable bonds is 5. The number of anilines is 1. The van der Waals surface area contributed by atoms with Gasteiger partial charge in [0.1, 0.15) is 0 Å². The number of benzene rings is 1. The largest absolute Gasteiger partial charge is 0.462 e. The van der Waals surface area contributed by atoms with Crippen LogP contribution >= 0.6 is 0 Å². The van der Waals surface area contributed by atoms with Gasteiger partial charge in [0.15, 0.2) is 0 Å². The van der Waals surface area contributed by atoms with Gasteiger partial charge >= 0.3 is 5.97 Å². The van der Waals surface area contributed by atoms with Crippen LogP contribution < -0.4 is 5.73 Å². The summed E-state index contributed by atoms with van der Waals surface area (Å²) in [4.78, 5) is 13.8. The monoisotopic (exact) mass is 236 g/mol. The van der Waals surface area contributed by atoms with Crippen LogP contribution in [0.3, 0.4) is 0 Å². The number of nitrogens with zero attached hydrogens (tertiary/aromatic N) is 1. The summed E-state index contributed by atoms with van der Waals surface area (Å²) in [7, 11) is 3.97. The standard InChI is InChI=1S/C13H20N2O2/c1-10-5-6-12(14)11(9-10)13(16)17-8-4-7-15(2)3/h5-6,9H,4,7-8,14H2,1-3H3. The van der Waals surface area contributed by atoms with E-state index in [2.05, 4.69) is 4.90 Å². The van der Waals surface area contributed by atoms with E-state index < -0.39 is 0 Å². The first-order chi connectivity index (χ1) is 8.00. The Morgan fingerprint density at radius 2 is 2.12 bits per heavy atom. The fraction of sp³-hybridized carbons (Fsp3) is 0.462. The summed E-state index contributed by atoms with van der Waals surface area (Å²) in [5.41, 5.74) is 7.65. The van der Waals surface area contributed by atoms with Gasteiger partial charge in [-0.2, -0.15) is 0 Å². The zero-order valence-electron chi connectivity index (χ0n) is 10.7. The molecule has 1 rings (SSSR count). The first-order valence-corrected chi connectivity index (χ1v) is 5.68. The summed E-state index contributed by atoms with van der Waals surface area (Å²) >= 11 is 0. The van der Waals surface area contributed by atoms with Gasteiger partial charge in [0.05, 0.1) is 12.2 Å². The molecule has 0 unspecified atom stereocenters. The maximum atomic E-state index is 11.7. The second-order valence-electron chi connectivity index (χ2n) is 4.38. The SMILES string of the molecule is Cc1ccc(N)c(C(=O)OCCCN(C)C)c1. The van der Waals surface area contributed by atoms with Gasteiger partial charge in [-0.3, -0.25) is 0 Å². The lowest BCUT2D eigenvalue weighted by molar-refractivity contribution is 0.0494. The van der Waals surface area contributed by atoms with Gasteiger partial charge in [-0.15, -0.1) is 0 Å². The molecule has 0 aliphatic heterocycles. The van der Waals surface area contributed by atoms with Crippen LogP contribution in [-0.2, 0) is 4.74 Å². The number of nitrogens with two attached hydrogens (primary N) is 1. The van der Waals surface area contributed by atoms with Crippen LogP contribution in [0.25, 0.3) is 0 Å². The third-order valence-electron chi connectivity index (χ3n) is 2.41. The molecule has 0 radical (unpaired) electrons. The molecule has 1 aromatic carbocycles. The van der Waals surface area contributed by atoms with Crippen LogP contribution in [0.1, 0.15) is 22.3 Å². The molecule has 0 aliphatic carbocycles. The van der Waals surface area contributed by atoms with Crippen LogP contribution in [0.5, 0.6) is 0 Å². The fourth-order valence-corrected chi connectivity index (χ4v) is 1.47. The van der Waals surface area contributed by atoms with Crippen molar-refractivity contribution in [1.29, 1.82) is 0 Å². The van der Waals surface area contributed by atoms with E-state index in [1.807, 2.05) is 27.1 Å². The van der Waals surface area contributed by atoms with Crippen molar-refractivity contribution in [3.63, 3.8) is 0 Å². The van der Waals surface area contributed by atoms with Crippen molar-refractivity contribution < 1.29 is 9.53 Å². The van der Waals surface area contributed by atoms with E-state index in [0.717, 1.165) is 18.5 Å². The molecule has 0 atom stereocenters. The molecule has 0 saturated carbocycles.